The maximum absolute atomic E-state index is 13.0. The Hall–Kier alpha value is -1.04. The van der Waals surface area contributed by atoms with Gasteiger partial charge >= 0.3 is 0 Å². The van der Waals surface area contributed by atoms with Crippen LogP contribution in [-0.2, 0) is 0 Å². The van der Waals surface area contributed by atoms with Crippen molar-refractivity contribution in [1.82, 2.24) is 0 Å². The first kappa shape index (κ1) is 12.4. The topological polar surface area (TPSA) is 26.0 Å². The number of hydrogen-bond donors (Lipinski definition) is 1. The Labute approximate surface area is 105 Å². The van der Waals surface area contributed by atoms with Crippen LogP contribution in [0.3, 0.4) is 0 Å². The standard InChI is InChI=1S/C11H7ClF3NS/c12-6-1-2-17-11(6)10(16)5-3-7(13)9(15)8(14)4-5/h1-4,10H,16H2. The zero-order valence-electron chi connectivity index (χ0n) is 8.38. The molecule has 2 aromatic rings. The molecule has 2 rings (SSSR count). The van der Waals surface area contributed by atoms with Crippen molar-refractivity contribution in [1.29, 1.82) is 0 Å². The molecule has 17 heavy (non-hydrogen) atoms. The predicted molar refractivity (Wildman–Crippen MR) is 61.7 cm³/mol. The molecule has 0 aliphatic carbocycles. The van der Waals surface area contributed by atoms with Crippen molar-refractivity contribution in [3.63, 3.8) is 0 Å². The Morgan fingerprint density at radius 3 is 2.24 bits per heavy atom. The lowest BCUT2D eigenvalue weighted by atomic mass is 10.1. The molecular formula is C11H7ClF3NS. The number of hydrogen-bond acceptors (Lipinski definition) is 2. The van der Waals surface area contributed by atoms with Crippen LogP contribution in [0.1, 0.15) is 16.5 Å². The first-order chi connectivity index (χ1) is 8.00. The third-order valence-electron chi connectivity index (χ3n) is 2.29. The molecular weight excluding hydrogens is 271 g/mol. The monoisotopic (exact) mass is 277 g/mol. The highest BCUT2D eigenvalue weighted by molar-refractivity contribution is 7.10. The summed E-state index contributed by atoms with van der Waals surface area (Å²) in [6.07, 6.45) is 0. The number of rotatable bonds is 2. The van der Waals surface area contributed by atoms with Crippen molar-refractivity contribution in [3.05, 3.63) is 56.5 Å². The van der Waals surface area contributed by atoms with Crippen molar-refractivity contribution in [3.8, 4) is 0 Å². The molecule has 0 aliphatic heterocycles. The molecule has 0 fully saturated rings. The summed E-state index contributed by atoms with van der Waals surface area (Å²) in [5.41, 5.74) is 5.96. The van der Waals surface area contributed by atoms with E-state index < -0.39 is 23.5 Å². The van der Waals surface area contributed by atoms with E-state index in [0.29, 0.717) is 9.90 Å². The molecule has 1 heterocycles. The smallest absolute Gasteiger partial charge is 0.194 e. The minimum Gasteiger partial charge on any atom is -0.320 e. The van der Waals surface area contributed by atoms with E-state index in [-0.39, 0.29) is 5.56 Å². The van der Waals surface area contributed by atoms with E-state index in [0.717, 1.165) is 12.1 Å². The van der Waals surface area contributed by atoms with Crippen molar-refractivity contribution in [2.45, 2.75) is 6.04 Å². The summed E-state index contributed by atoms with van der Waals surface area (Å²) in [5.74, 6) is -4.02. The van der Waals surface area contributed by atoms with Gasteiger partial charge < -0.3 is 5.73 Å². The van der Waals surface area contributed by atoms with Crippen LogP contribution in [0.15, 0.2) is 23.6 Å². The minimum atomic E-state index is -1.50. The summed E-state index contributed by atoms with van der Waals surface area (Å²) < 4.78 is 38.9. The number of halogens is 4. The van der Waals surface area contributed by atoms with Gasteiger partial charge in [-0.2, -0.15) is 0 Å². The largest absolute Gasteiger partial charge is 0.320 e. The van der Waals surface area contributed by atoms with Gasteiger partial charge in [-0.05, 0) is 29.1 Å². The fourth-order valence-corrected chi connectivity index (χ4v) is 2.64. The van der Waals surface area contributed by atoms with Crippen LogP contribution in [-0.4, -0.2) is 0 Å². The van der Waals surface area contributed by atoms with Crippen LogP contribution in [0.2, 0.25) is 5.02 Å². The van der Waals surface area contributed by atoms with Gasteiger partial charge in [0, 0.05) is 4.88 Å². The molecule has 0 bridgehead atoms. The van der Waals surface area contributed by atoms with E-state index >= 15 is 0 Å². The second-order valence-corrected chi connectivity index (χ2v) is 4.76. The number of thiophene rings is 1. The zero-order chi connectivity index (χ0) is 12.6. The van der Waals surface area contributed by atoms with Crippen molar-refractivity contribution in [2.24, 2.45) is 5.73 Å². The quantitative estimate of drug-likeness (QED) is 0.829. The van der Waals surface area contributed by atoms with Gasteiger partial charge in [-0.15, -0.1) is 11.3 Å². The van der Waals surface area contributed by atoms with Crippen molar-refractivity contribution >= 4 is 22.9 Å². The van der Waals surface area contributed by atoms with E-state index in [1.807, 2.05) is 0 Å². The molecule has 1 unspecified atom stereocenters. The lowest BCUT2D eigenvalue weighted by Crippen LogP contribution is -2.12. The molecule has 0 radical (unpaired) electrons. The molecule has 1 aromatic heterocycles. The fourth-order valence-electron chi connectivity index (χ4n) is 1.43. The highest BCUT2D eigenvalue weighted by Crippen LogP contribution is 2.32. The molecule has 0 spiro atoms. The van der Waals surface area contributed by atoms with Crippen LogP contribution in [0.25, 0.3) is 0 Å². The molecule has 6 heteroatoms. The summed E-state index contributed by atoms with van der Waals surface area (Å²) in [5, 5.41) is 2.14. The molecule has 1 aromatic carbocycles. The molecule has 0 amide bonds. The molecule has 1 nitrogen and oxygen atoms in total. The summed E-state index contributed by atoms with van der Waals surface area (Å²) in [4.78, 5) is 0.581. The van der Waals surface area contributed by atoms with E-state index in [1.165, 1.54) is 11.3 Å². The Bertz CT molecular complexity index is 532. The van der Waals surface area contributed by atoms with Crippen molar-refractivity contribution < 1.29 is 13.2 Å². The average Bonchev–Trinajstić information content (AvgIpc) is 2.70. The Morgan fingerprint density at radius 1 is 1.18 bits per heavy atom. The average molecular weight is 278 g/mol. The maximum atomic E-state index is 13.0. The number of nitrogens with two attached hydrogens (primary N) is 1. The molecule has 90 valence electrons. The second-order valence-electron chi connectivity index (χ2n) is 3.41. The molecule has 2 N–H and O–H groups in total. The van der Waals surface area contributed by atoms with Gasteiger partial charge in [-0.25, -0.2) is 13.2 Å². The lowest BCUT2D eigenvalue weighted by Gasteiger charge is -2.11. The molecule has 1 atom stereocenters. The summed E-state index contributed by atoms with van der Waals surface area (Å²) in [7, 11) is 0. The third-order valence-corrected chi connectivity index (χ3v) is 3.73. The molecule has 0 saturated heterocycles. The van der Waals surface area contributed by atoms with Gasteiger partial charge in [0.1, 0.15) is 0 Å². The van der Waals surface area contributed by atoms with Crippen LogP contribution >= 0.6 is 22.9 Å². The van der Waals surface area contributed by atoms with Gasteiger partial charge in [0.15, 0.2) is 17.5 Å². The van der Waals surface area contributed by atoms with Gasteiger partial charge in [-0.3, -0.25) is 0 Å². The Morgan fingerprint density at radius 2 is 1.76 bits per heavy atom. The summed E-state index contributed by atoms with van der Waals surface area (Å²) in [6, 6.07) is 2.61. The number of benzene rings is 1. The fraction of sp³-hybridized carbons (Fsp3) is 0.0909. The SMILES string of the molecule is NC(c1cc(F)c(F)c(F)c1)c1sccc1Cl. The molecule has 0 saturated carbocycles. The highest BCUT2D eigenvalue weighted by atomic mass is 35.5. The first-order valence-electron chi connectivity index (χ1n) is 4.63. The Balaban J connectivity index is 2.45. The summed E-state index contributed by atoms with van der Waals surface area (Å²) in [6.45, 7) is 0. The first-order valence-corrected chi connectivity index (χ1v) is 5.89. The van der Waals surface area contributed by atoms with Crippen LogP contribution in [0, 0.1) is 17.5 Å². The van der Waals surface area contributed by atoms with E-state index in [1.54, 1.807) is 11.4 Å². The van der Waals surface area contributed by atoms with Gasteiger partial charge in [-0.1, -0.05) is 11.6 Å². The Kier molecular flexibility index (Phi) is 3.42. The summed E-state index contributed by atoms with van der Waals surface area (Å²) >= 11 is 7.14. The van der Waals surface area contributed by atoms with E-state index in [4.69, 9.17) is 17.3 Å². The van der Waals surface area contributed by atoms with E-state index in [9.17, 15) is 13.2 Å². The zero-order valence-corrected chi connectivity index (χ0v) is 9.96. The normalized spacial score (nSPS) is 12.8. The highest BCUT2D eigenvalue weighted by Gasteiger charge is 2.18. The minimum absolute atomic E-state index is 0.144. The maximum Gasteiger partial charge on any atom is 0.194 e. The third kappa shape index (κ3) is 2.31. The second kappa shape index (κ2) is 4.68. The predicted octanol–water partition coefficient (Wildman–Crippen LogP) is 3.87. The van der Waals surface area contributed by atoms with E-state index in [2.05, 4.69) is 0 Å². The van der Waals surface area contributed by atoms with Gasteiger partial charge in [0.05, 0.1) is 11.1 Å². The molecule has 0 aliphatic rings. The van der Waals surface area contributed by atoms with Crippen LogP contribution < -0.4 is 5.73 Å². The lowest BCUT2D eigenvalue weighted by molar-refractivity contribution is 0.444. The van der Waals surface area contributed by atoms with Gasteiger partial charge in [0.2, 0.25) is 0 Å². The van der Waals surface area contributed by atoms with Crippen LogP contribution in [0.5, 0.6) is 0 Å². The van der Waals surface area contributed by atoms with Crippen molar-refractivity contribution in [2.75, 3.05) is 0 Å². The van der Waals surface area contributed by atoms with Gasteiger partial charge in [0.25, 0.3) is 0 Å². The van der Waals surface area contributed by atoms with Crippen LogP contribution in [0.4, 0.5) is 13.2 Å².